The Balaban J connectivity index is 1.64. The minimum absolute atomic E-state index is 0.00263. The minimum Gasteiger partial charge on any atom is -0.489 e. The largest absolute Gasteiger partial charge is 0.489 e. The summed E-state index contributed by atoms with van der Waals surface area (Å²) in [5.41, 5.74) is 4.44. The lowest BCUT2D eigenvalue weighted by atomic mass is 10.1. The zero-order valence-electron chi connectivity index (χ0n) is 17.8. The first-order valence-electron chi connectivity index (χ1n) is 9.91. The molecule has 3 aromatic carbocycles. The number of carboxylic acid groups (broad SMARTS) is 1. The molecule has 0 aromatic heterocycles. The van der Waals surface area contributed by atoms with E-state index in [9.17, 15) is 14.9 Å². The van der Waals surface area contributed by atoms with Crippen molar-refractivity contribution in [3.05, 3.63) is 100 Å². The molecule has 6 heteroatoms. The topological polar surface area (TPSA) is 99.4 Å². The zero-order valence-corrected chi connectivity index (χ0v) is 17.8. The number of rotatable bonds is 7. The predicted molar refractivity (Wildman–Crippen MR) is 122 cm³/mol. The van der Waals surface area contributed by atoms with Crippen LogP contribution in [0.5, 0.6) is 5.75 Å². The maximum atomic E-state index is 12.5. The van der Waals surface area contributed by atoms with E-state index >= 15 is 0 Å². The van der Waals surface area contributed by atoms with E-state index in [-0.39, 0.29) is 17.7 Å². The van der Waals surface area contributed by atoms with Crippen LogP contribution in [0.2, 0.25) is 0 Å². The number of hydrogen-bond donors (Lipinski definition) is 2. The van der Waals surface area contributed by atoms with Crippen LogP contribution >= 0.6 is 0 Å². The standard InChI is InChI=1S/C26H22N2O4/c1-17-3-12-24(18(2)13-17)28-25(29)22(15-27)14-19-6-10-23(11-7-19)32-16-20-4-8-21(9-5-20)26(30)31/h3-14H,16H2,1-2H3,(H,28,29)(H,30,31)/b22-14+. The number of hydrogen-bond acceptors (Lipinski definition) is 4. The Morgan fingerprint density at radius 2 is 1.72 bits per heavy atom. The number of benzene rings is 3. The van der Waals surface area contributed by atoms with Crippen LogP contribution in [-0.4, -0.2) is 17.0 Å². The Morgan fingerprint density at radius 1 is 1.03 bits per heavy atom. The number of ether oxygens (including phenoxy) is 1. The molecule has 0 fully saturated rings. The summed E-state index contributed by atoms with van der Waals surface area (Å²) in [5, 5.41) is 21.1. The van der Waals surface area contributed by atoms with Gasteiger partial charge in [-0.1, -0.05) is 42.0 Å². The third-order valence-corrected chi connectivity index (χ3v) is 4.79. The summed E-state index contributed by atoms with van der Waals surface area (Å²) in [4.78, 5) is 23.4. The van der Waals surface area contributed by atoms with Crippen molar-refractivity contribution in [2.24, 2.45) is 0 Å². The summed E-state index contributed by atoms with van der Waals surface area (Å²) in [5.74, 6) is -0.826. The van der Waals surface area contributed by atoms with Crippen molar-refractivity contribution >= 4 is 23.6 Å². The molecule has 2 N–H and O–H groups in total. The molecule has 1 amide bonds. The molecule has 0 spiro atoms. The van der Waals surface area contributed by atoms with Crippen LogP contribution in [0.1, 0.15) is 32.6 Å². The van der Waals surface area contributed by atoms with Crippen molar-refractivity contribution in [3.63, 3.8) is 0 Å². The number of aryl methyl sites for hydroxylation is 2. The summed E-state index contributed by atoms with van der Waals surface area (Å²) < 4.78 is 5.72. The first-order chi connectivity index (χ1) is 15.4. The zero-order chi connectivity index (χ0) is 23.1. The number of carboxylic acids is 1. The summed E-state index contributed by atoms with van der Waals surface area (Å²) >= 11 is 0. The second-order valence-electron chi connectivity index (χ2n) is 7.30. The fourth-order valence-electron chi connectivity index (χ4n) is 3.03. The number of nitrogens with zero attached hydrogens (tertiary/aromatic N) is 1. The number of nitrogens with one attached hydrogen (secondary N) is 1. The number of amides is 1. The van der Waals surface area contributed by atoms with Gasteiger partial charge < -0.3 is 15.2 Å². The molecule has 6 nitrogen and oxygen atoms in total. The minimum atomic E-state index is -0.972. The molecule has 0 bridgehead atoms. The highest BCUT2D eigenvalue weighted by atomic mass is 16.5. The van der Waals surface area contributed by atoms with E-state index in [1.54, 1.807) is 36.4 Å². The van der Waals surface area contributed by atoms with Crippen LogP contribution in [0.25, 0.3) is 6.08 Å². The van der Waals surface area contributed by atoms with E-state index in [0.29, 0.717) is 17.0 Å². The molecule has 0 saturated heterocycles. The fraction of sp³-hybridized carbons (Fsp3) is 0.115. The van der Waals surface area contributed by atoms with Crippen molar-refractivity contribution in [1.82, 2.24) is 0 Å². The highest BCUT2D eigenvalue weighted by molar-refractivity contribution is 6.10. The molecule has 0 aliphatic rings. The van der Waals surface area contributed by atoms with Gasteiger partial charge in [-0.3, -0.25) is 4.79 Å². The van der Waals surface area contributed by atoms with Crippen LogP contribution in [0, 0.1) is 25.2 Å². The lowest BCUT2D eigenvalue weighted by molar-refractivity contribution is -0.112. The van der Waals surface area contributed by atoms with E-state index in [4.69, 9.17) is 9.84 Å². The molecule has 0 radical (unpaired) electrons. The molecular weight excluding hydrogens is 404 g/mol. The lowest BCUT2D eigenvalue weighted by Crippen LogP contribution is -2.14. The Hall–Kier alpha value is -4.37. The van der Waals surface area contributed by atoms with Crippen LogP contribution in [-0.2, 0) is 11.4 Å². The number of nitriles is 1. The maximum absolute atomic E-state index is 12.5. The smallest absolute Gasteiger partial charge is 0.335 e. The Labute approximate surface area is 186 Å². The normalized spacial score (nSPS) is 10.8. The van der Waals surface area contributed by atoms with Gasteiger partial charge in [-0.2, -0.15) is 5.26 Å². The van der Waals surface area contributed by atoms with Crippen LogP contribution in [0.3, 0.4) is 0 Å². The molecule has 0 aliphatic carbocycles. The summed E-state index contributed by atoms with van der Waals surface area (Å²) in [7, 11) is 0. The van der Waals surface area contributed by atoms with Crippen LogP contribution in [0.4, 0.5) is 5.69 Å². The van der Waals surface area contributed by atoms with Gasteiger partial charge in [-0.25, -0.2) is 4.79 Å². The van der Waals surface area contributed by atoms with E-state index in [0.717, 1.165) is 16.7 Å². The van der Waals surface area contributed by atoms with E-state index < -0.39 is 11.9 Å². The van der Waals surface area contributed by atoms with E-state index in [2.05, 4.69) is 5.32 Å². The maximum Gasteiger partial charge on any atom is 0.335 e. The van der Waals surface area contributed by atoms with Crippen LogP contribution < -0.4 is 10.1 Å². The third kappa shape index (κ3) is 5.83. The average molecular weight is 426 g/mol. The predicted octanol–water partition coefficient (Wildman–Crippen LogP) is 5.13. The SMILES string of the molecule is Cc1ccc(NC(=O)/C(C#N)=C/c2ccc(OCc3ccc(C(=O)O)cc3)cc2)c(C)c1. The fourth-order valence-corrected chi connectivity index (χ4v) is 3.03. The number of anilines is 1. The molecule has 0 unspecified atom stereocenters. The third-order valence-electron chi connectivity index (χ3n) is 4.79. The monoisotopic (exact) mass is 426 g/mol. The van der Waals surface area contributed by atoms with Gasteiger partial charge in [-0.05, 0) is 66.9 Å². The van der Waals surface area contributed by atoms with Crippen LogP contribution in [0.15, 0.2) is 72.3 Å². The van der Waals surface area contributed by atoms with Crippen molar-refractivity contribution in [2.75, 3.05) is 5.32 Å². The van der Waals surface area contributed by atoms with Crippen molar-refractivity contribution in [1.29, 1.82) is 5.26 Å². The Bertz CT molecular complexity index is 1200. The first kappa shape index (κ1) is 22.3. The van der Waals surface area contributed by atoms with Gasteiger partial charge in [0.25, 0.3) is 5.91 Å². The molecule has 0 saturated carbocycles. The van der Waals surface area contributed by atoms with Gasteiger partial charge in [0.05, 0.1) is 5.56 Å². The second-order valence-corrected chi connectivity index (χ2v) is 7.30. The second kappa shape index (κ2) is 10.1. The van der Waals surface area contributed by atoms with Gasteiger partial charge >= 0.3 is 5.97 Å². The van der Waals surface area contributed by atoms with Gasteiger partial charge in [0.2, 0.25) is 0 Å². The highest BCUT2D eigenvalue weighted by Crippen LogP contribution is 2.19. The van der Waals surface area contributed by atoms with Crippen molar-refractivity contribution < 1.29 is 19.4 Å². The molecule has 32 heavy (non-hydrogen) atoms. The quantitative estimate of drug-likeness (QED) is 0.403. The van der Waals surface area contributed by atoms with Gasteiger partial charge in [0, 0.05) is 5.69 Å². The molecule has 3 rings (SSSR count). The number of aromatic carboxylic acids is 1. The van der Waals surface area contributed by atoms with E-state index in [1.807, 2.05) is 38.1 Å². The van der Waals surface area contributed by atoms with Crippen molar-refractivity contribution in [3.8, 4) is 11.8 Å². The Morgan fingerprint density at radius 3 is 2.31 bits per heavy atom. The molecule has 0 heterocycles. The summed E-state index contributed by atoms with van der Waals surface area (Å²) in [6.07, 6.45) is 1.52. The highest BCUT2D eigenvalue weighted by Gasteiger charge is 2.11. The summed E-state index contributed by atoms with van der Waals surface area (Å²) in [6, 6.07) is 21.1. The van der Waals surface area contributed by atoms with Gasteiger partial charge in [-0.15, -0.1) is 0 Å². The average Bonchev–Trinajstić information content (AvgIpc) is 2.79. The molecule has 0 atom stereocenters. The van der Waals surface area contributed by atoms with Gasteiger partial charge in [0.15, 0.2) is 0 Å². The first-order valence-corrected chi connectivity index (χ1v) is 9.91. The number of carbonyl (C=O) groups is 2. The number of carbonyl (C=O) groups excluding carboxylic acids is 1. The Kier molecular flexibility index (Phi) is 7.04. The molecule has 3 aromatic rings. The lowest BCUT2D eigenvalue weighted by Gasteiger charge is -2.09. The van der Waals surface area contributed by atoms with Gasteiger partial charge in [0.1, 0.15) is 24.0 Å². The molecular formula is C26H22N2O4. The molecule has 160 valence electrons. The molecule has 0 aliphatic heterocycles. The van der Waals surface area contributed by atoms with Crippen molar-refractivity contribution in [2.45, 2.75) is 20.5 Å². The summed E-state index contributed by atoms with van der Waals surface area (Å²) in [6.45, 7) is 4.16. The van der Waals surface area contributed by atoms with E-state index in [1.165, 1.54) is 18.2 Å².